The number of anilines is 1. The van der Waals surface area contributed by atoms with Gasteiger partial charge in [0.15, 0.2) is 11.5 Å². The maximum Gasteiger partial charge on any atom is 0.259 e. The molecule has 0 unspecified atom stereocenters. The molecule has 0 spiro atoms. The topological polar surface area (TPSA) is 47.6 Å². The van der Waals surface area contributed by atoms with Crippen molar-refractivity contribution in [1.29, 1.82) is 0 Å². The van der Waals surface area contributed by atoms with Crippen LogP contribution < -0.4 is 14.8 Å². The van der Waals surface area contributed by atoms with Crippen LogP contribution in [0.2, 0.25) is 0 Å². The number of nitrogens with one attached hydrogen (secondary N) is 1. The van der Waals surface area contributed by atoms with Crippen molar-refractivity contribution in [1.82, 2.24) is 0 Å². The Morgan fingerprint density at radius 1 is 0.846 bits per heavy atom. The lowest BCUT2D eigenvalue weighted by atomic mass is 10.0. The second-order valence-corrected chi connectivity index (χ2v) is 5.81. The molecule has 0 aliphatic heterocycles. The largest absolute Gasteiger partial charge is 0.493 e. The molecule has 4 nitrogen and oxygen atoms in total. The molecular formula is C22H21NO3. The van der Waals surface area contributed by atoms with E-state index >= 15 is 0 Å². The first kappa shape index (κ1) is 17.5. The molecule has 3 rings (SSSR count). The molecule has 1 amide bonds. The first-order valence-corrected chi connectivity index (χ1v) is 8.37. The third kappa shape index (κ3) is 3.86. The smallest absolute Gasteiger partial charge is 0.259 e. The van der Waals surface area contributed by atoms with Crippen LogP contribution in [0, 0.1) is 0 Å². The molecule has 0 aromatic heterocycles. The van der Waals surface area contributed by atoms with Crippen molar-refractivity contribution >= 4 is 11.6 Å². The fourth-order valence-corrected chi connectivity index (χ4v) is 2.87. The molecule has 0 radical (unpaired) electrons. The number of carbonyl (C=O) groups excluding carboxylic acids is 1. The van der Waals surface area contributed by atoms with Crippen LogP contribution in [0.4, 0.5) is 5.69 Å². The molecule has 0 fully saturated rings. The first-order valence-electron chi connectivity index (χ1n) is 8.37. The minimum atomic E-state index is -0.235. The van der Waals surface area contributed by atoms with Crippen molar-refractivity contribution < 1.29 is 14.3 Å². The standard InChI is InChI=1S/C22H21NO3/c1-25-20-14-8-12-18(21(20)26-2)22(24)23-19-13-7-6-11-17(19)15-16-9-4-3-5-10-16/h3-14H,15H2,1-2H3,(H,23,24). The molecule has 132 valence electrons. The summed E-state index contributed by atoms with van der Waals surface area (Å²) in [6, 6.07) is 23.2. The highest BCUT2D eigenvalue weighted by atomic mass is 16.5. The summed E-state index contributed by atoms with van der Waals surface area (Å²) in [5.74, 6) is 0.715. The van der Waals surface area contributed by atoms with E-state index in [4.69, 9.17) is 9.47 Å². The summed E-state index contributed by atoms with van der Waals surface area (Å²) < 4.78 is 10.6. The SMILES string of the molecule is COc1cccc(C(=O)Nc2ccccc2Cc2ccccc2)c1OC. The van der Waals surface area contributed by atoms with E-state index in [0.717, 1.165) is 17.7 Å². The van der Waals surface area contributed by atoms with Crippen LogP contribution in [0.25, 0.3) is 0 Å². The third-order valence-electron chi connectivity index (χ3n) is 4.15. The van der Waals surface area contributed by atoms with Gasteiger partial charge in [-0.25, -0.2) is 0 Å². The first-order chi connectivity index (χ1) is 12.7. The lowest BCUT2D eigenvalue weighted by molar-refractivity contribution is 0.102. The Hall–Kier alpha value is -3.27. The number of hydrogen-bond acceptors (Lipinski definition) is 3. The van der Waals surface area contributed by atoms with Gasteiger partial charge in [0.1, 0.15) is 0 Å². The van der Waals surface area contributed by atoms with E-state index in [0.29, 0.717) is 17.1 Å². The average molecular weight is 347 g/mol. The van der Waals surface area contributed by atoms with E-state index < -0.39 is 0 Å². The van der Waals surface area contributed by atoms with Crippen molar-refractivity contribution in [2.45, 2.75) is 6.42 Å². The number of rotatable bonds is 6. The Balaban J connectivity index is 1.87. The molecule has 0 bridgehead atoms. The Morgan fingerprint density at radius 3 is 2.31 bits per heavy atom. The second-order valence-electron chi connectivity index (χ2n) is 5.81. The second kappa shape index (κ2) is 8.21. The predicted molar refractivity (Wildman–Crippen MR) is 103 cm³/mol. The van der Waals surface area contributed by atoms with Gasteiger partial charge in [-0.1, -0.05) is 54.6 Å². The molecule has 1 N–H and O–H groups in total. The molecule has 0 aliphatic carbocycles. The minimum Gasteiger partial charge on any atom is -0.493 e. The van der Waals surface area contributed by atoms with Crippen LogP contribution in [0.15, 0.2) is 72.8 Å². The predicted octanol–water partition coefficient (Wildman–Crippen LogP) is 4.55. The summed E-state index contributed by atoms with van der Waals surface area (Å²) in [6.07, 6.45) is 0.743. The normalized spacial score (nSPS) is 10.2. The van der Waals surface area contributed by atoms with Gasteiger partial charge in [0, 0.05) is 5.69 Å². The summed E-state index contributed by atoms with van der Waals surface area (Å²) in [5, 5.41) is 3.00. The summed E-state index contributed by atoms with van der Waals surface area (Å²) in [7, 11) is 3.08. The van der Waals surface area contributed by atoms with Gasteiger partial charge in [-0.3, -0.25) is 4.79 Å². The molecular weight excluding hydrogens is 326 g/mol. The van der Waals surface area contributed by atoms with Crippen LogP contribution in [0.3, 0.4) is 0 Å². The zero-order valence-electron chi connectivity index (χ0n) is 14.9. The summed E-state index contributed by atoms with van der Waals surface area (Å²) in [5.41, 5.74) is 3.45. The molecule has 0 aliphatic rings. The lowest BCUT2D eigenvalue weighted by Gasteiger charge is -2.14. The molecule has 4 heteroatoms. The van der Waals surface area contributed by atoms with Crippen molar-refractivity contribution in [2.24, 2.45) is 0 Å². The van der Waals surface area contributed by atoms with Crippen molar-refractivity contribution in [3.8, 4) is 11.5 Å². The number of carbonyl (C=O) groups is 1. The number of ether oxygens (including phenoxy) is 2. The third-order valence-corrected chi connectivity index (χ3v) is 4.15. The molecule has 0 saturated heterocycles. The molecule has 0 saturated carbocycles. The van der Waals surface area contributed by atoms with E-state index in [2.05, 4.69) is 17.4 Å². The maximum atomic E-state index is 12.8. The van der Waals surface area contributed by atoms with Gasteiger partial charge in [-0.2, -0.15) is 0 Å². The monoisotopic (exact) mass is 347 g/mol. The number of benzene rings is 3. The van der Waals surface area contributed by atoms with Gasteiger partial charge >= 0.3 is 0 Å². The highest BCUT2D eigenvalue weighted by Gasteiger charge is 2.17. The molecule has 3 aromatic rings. The molecule has 26 heavy (non-hydrogen) atoms. The van der Waals surface area contributed by atoms with E-state index in [1.165, 1.54) is 12.7 Å². The molecule has 0 atom stereocenters. The highest BCUT2D eigenvalue weighted by Crippen LogP contribution is 2.31. The van der Waals surface area contributed by atoms with Gasteiger partial charge in [0.2, 0.25) is 0 Å². The fourth-order valence-electron chi connectivity index (χ4n) is 2.87. The zero-order valence-corrected chi connectivity index (χ0v) is 14.9. The van der Waals surface area contributed by atoms with E-state index in [9.17, 15) is 4.79 Å². The quantitative estimate of drug-likeness (QED) is 0.712. The Morgan fingerprint density at radius 2 is 1.58 bits per heavy atom. The Labute approximate surface area is 153 Å². The van der Waals surface area contributed by atoms with E-state index in [1.807, 2.05) is 42.5 Å². The number of amides is 1. The number of hydrogen-bond donors (Lipinski definition) is 1. The van der Waals surface area contributed by atoms with Crippen LogP contribution in [-0.4, -0.2) is 20.1 Å². The maximum absolute atomic E-state index is 12.8. The van der Waals surface area contributed by atoms with Gasteiger partial charge < -0.3 is 14.8 Å². The summed E-state index contributed by atoms with van der Waals surface area (Å²) in [4.78, 5) is 12.8. The number of para-hydroxylation sites is 2. The van der Waals surface area contributed by atoms with E-state index in [1.54, 1.807) is 25.3 Å². The van der Waals surface area contributed by atoms with Crippen molar-refractivity contribution in [3.05, 3.63) is 89.5 Å². The zero-order chi connectivity index (χ0) is 18.4. The van der Waals surface area contributed by atoms with Crippen LogP contribution in [-0.2, 0) is 6.42 Å². The molecule has 3 aromatic carbocycles. The fraction of sp³-hybridized carbons (Fsp3) is 0.136. The average Bonchev–Trinajstić information content (AvgIpc) is 2.69. The van der Waals surface area contributed by atoms with Crippen LogP contribution in [0.5, 0.6) is 11.5 Å². The highest BCUT2D eigenvalue weighted by molar-refractivity contribution is 6.07. The summed E-state index contributed by atoms with van der Waals surface area (Å²) >= 11 is 0. The Kier molecular flexibility index (Phi) is 5.54. The van der Waals surface area contributed by atoms with Crippen LogP contribution >= 0.6 is 0 Å². The van der Waals surface area contributed by atoms with Gasteiger partial charge in [-0.15, -0.1) is 0 Å². The van der Waals surface area contributed by atoms with Gasteiger partial charge in [0.25, 0.3) is 5.91 Å². The van der Waals surface area contributed by atoms with Crippen molar-refractivity contribution in [2.75, 3.05) is 19.5 Å². The lowest BCUT2D eigenvalue weighted by Crippen LogP contribution is -2.15. The van der Waals surface area contributed by atoms with Crippen LogP contribution in [0.1, 0.15) is 21.5 Å². The van der Waals surface area contributed by atoms with Gasteiger partial charge in [0.05, 0.1) is 19.8 Å². The number of methoxy groups -OCH3 is 2. The van der Waals surface area contributed by atoms with Gasteiger partial charge in [-0.05, 0) is 35.7 Å². The Bertz CT molecular complexity index is 891. The summed E-state index contributed by atoms with van der Waals surface area (Å²) in [6.45, 7) is 0. The van der Waals surface area contributed by atoms with Crippen molar-refractivity contribution in [3.63, 3.8) is 0 Å². The molecule has 0 heterocycles. The van der Waals surface area contributed by atoms with E-state index in [-0.39, 0.29) is 5.91 Å². The minimum absolute atomic E-state index is 0.235.